The van der Waals surface area contributed by atoms with Gasteiger partial charge in [0.1, 0.15) is 13.2 Å². The van der Waals surface area contributed by atoms with Gasteiger partial charge in [-0.25, -0.2) is 0 Å². The fourth-order valence-electron chi connectivity index (χ4n) is 7.84. The zero-order valence-corrected chi connectivity index (χ0v) is 40.9. The van der Waals surface area contributed by atoms with Crippen LogP contribution in [0.15, 0.2) is 24.3 Å². The molecule has 0 N–H and O–H groups in total. The van der Waals surface area contributed by atoms with Gasteiger partial charge in [0.25, 0.3) is 0 Å². The summed E-state index contributed by atoms with van der Waals surface area (Å²) in [7, 11) is 0. The second kappa shape index (κ2) is 50.5. The molecule has 0 radical (unpaired) electrons. The van der Waals surface area contributed by atoms with Crippen molar-refractivity contribution in [1.82, 2.24) is 0 Å². The molecule has 0 bridgehead atoms. The molecular formula is C55H102O6. The summed E-state index contributed by atoms with van der Waals surface area (Å²) in [5, 5.41) is 0. The maximum absolute atomic E-state index is 12.8. The van der Waals surface area contributed by atoms with E-state index in [-0.39, 0.29) is 31.1 Å². The van der Waals surface area contributed by atoms with Crippen LogP contribution in [0.25, 0.3) is 0 Å². The Hall–Kier alpha value is -2.11. The number of hydrogen-bond donors (Lipinski definition) is 0. The summed E-state index contributed by atoms with van der Waals surface area (Å²) in [5.41, 5.74) is 0. The van der Waals surface area contributed by atoms with Crippen molar-refractivity contribution in [3.8, 4) is 0 Å². The van der Waals surface area contributed by atoms with Gasteiger partial charge in [-0.2, -0.15) is 0 Å². The second-order valence-electron chi connectivity index (χ2n) is 18.1. The number of allylic oxidation sites excluding steroid dienone is 4. The van der Waals surface area contributed by atoms with Crippen molar-refractivity contribution >= 4 is 17.9 Å². The molecule has 6 heteroatoms. The molecule has 358 valence electrons. The zero-order chi connectivity index (χ0) is 44.4. The molecule has 1 atom stereocenters. The summed E-state index contributed by atoms with van der Waals surface area (Å²) >= 11 is 0. The lowest BCUT2D eigenvalue weighted by Gasteiger charge is -2.18. The monoisotopic (exact) mass is 859 g/mol. The maximum atomic E-state index is 12.8. The molecule has 0 rings (SSSR count). The first-order chi connectivity index (χ1) is 30.0. The minimum atomic E-state index is -0.770. The van der Waals surface area contributed by atoms with Crippen molar-refractivity contribution in [1.29, 1.82) is 0 Å². The number of rotatable bonds is 49. The highest BCUT2D eigenvalue weighted by Crippen LogP contribution is 2.16. The predicted molar refractivity (Wildman–Crippen MR) is 261 cm³/mol. The van der Waals surface area contributed by atoms with Crippen molar-refractivity contribution < 1.29 is 28.6 Å². The third-order valence-electron chi connectivity index (χ3n) is 11.9. The Labute approximate surface area is 379 Å². The summed E-state index contributed by atoms with van der Waals surface area (Å²) in [6, 6.07) is 0. The normalized spacial score (nSPS) is 12.1. The van der Waals surface area contributed by atoms with E-state index in [1.165, 1.54) is 193 Å². The van der Waals surface area contributed by atoms with Crippen molar-refractivity contribution in [3.63, 3.8) is 0 Å². The van der Waals surface area contributed by atoms with Gasteiger partial charge < -0.3 is 14.2 Å². The molecule has 0 aromatic carbocycles. The van der Waals surface area contributed by atoms with Gasteiger partial charge in [0, 0.05) is 19.3 Å². The molecule has 0 aromatic heterocycles. The first kappa shape index (κ1) is 58.9. The van der Waals surface area contributed by atoms with Gasteiger partial charge in [-0.05, 0) is 70.6 Å². The molecule has 61 heavy (non-hydrogen) atoms. The van der Waals surface area contributed by atoms with E-state index in [0.717, 1.165) is 57.8 Å². The minimum absolute atomic E-state index is 0.0703. The van der Waals surface area contributed by atoms with Crippen LogP contribution < -0.4 is 0 Å². The van der Waals surface area contributed by atoms with E-state index in [9.17, 15) is 14.4 Å². The first-order valence-electron chi connectivity index (χ1n) is 26.8. The van der Waals surface area contributed by atoms with Crippen LogP contribution in [0.5, 0.6) is 0 Å². The van der Waals surface area contributed by atoms with E-state index < -0.39 is 6.10 Å². The van der Waals surface area contributed by atoms with Gasteiger partial charge in [0.2, 0.25) is 0 Å². The lowest BCUT2D eigenvalue weighted by Crippen LogP contribution is -2.30. The van der Waals surface area contributed by atoms with E-state index in [4.69, 9.17) is 14.2 Å². The Morgan fingerprint density at radius 3 is 0.836 bits per heavy atom. The van der Waals surface area contributed by atoms with E-state index >= 15 is 0 Å². The molecule has 0 saturated carbocycles. The van der Waals surface area contributed by atoms with Crippen molar-refractivity contribution in [2.75, 3.05) is 13.2 Å². The van der Waals surface area contributed by atoms with Gasteiger partial charge in [-0.3, -0.25) is 14.4 Å². The van der Waals surface area contributed by atoms with E-state index in [2.05, 4.69) is 45.1 Å². The van der Waals surface area contributed by atoms with Crippen molar-refractivity contribution in [2.45, 2.75) is 297 Å². The average molecular weight is 859 g/mol. The SMILES string of the molecule is CCCCCC/C=C\CCCCCCCCCC(=O)OCC(COC(=O)CCCCCCCCCCCCCCC)OC(=O)CCCCCCCCC/C=C\CCCCCC. The first-order valence-corrected chi connectivity index (χ1v) is 26.8. The van der Waals surface area contributed by atoms with Gasteiger partial charge in [-0.15, -0.1) is 0 Å². The van der Waals surface area contributed by atoms with Crippen LogP contribution in [0.4, 0.5) is 0 Å². The molecule has 0 spiro atoms. The lowest BCUT2D eigenvalue weighted by molar-refractivity contribution is -0.167. The molecule has 0 saturated heterocycles. The Morgan fingerprint density at radius 2 is 0.541 bits per heavy atom. The molecule has 1 unspecified atom stereocenters. The fourth-order valence-corrected chi connectivity index (χ4v) is 7.84. The standard InChI is InChI=1S/C55H102O6/c1-4-7-10-13-16-19-22-25-27-30-33-36-39-42-45-48-54(57)60-51-52(50-59-53(56)47-44-41-38-35-32-29-24-21-18-15-12-9-6-3)61-55(58)49-46-43-40-37-34-31-28-26-23-20-17-14-11-8-5-2/h19-20,22-23,52H,4-18,21,24-51H2,1-3H3/b22-19-,23-20-. The van der Waals surface area contributed by atoms with Crippen LogP contribution >= 0.6 is 0 Å². The largest absolute Gasteiger partial charge is 0.462 e. The number of carbonyl (C=O) groups excluding carboxylic acids is 3. The molecule has 0 aliphatic carbocycles. The Bertz CT molecular complexity index is 989. The lowest BCUT2D eigenvalue weighted by atomic mass is 10.0. The summed E-state index contributed by atoms with van der Waals surface area (Å²) in [6.07, 6.45) is 57.2. The fraction of sp³-hybridized carbons (Fsp3) is 0.873. The Balaban J connectivity index is 4.35. The van der Waals surface area contributed by atoms with E-state index in [1.54, 1.807) is 0 Å². The highest BCUT2D eigenvalue weighted by atomic mass is 16.6. The molecule has 0 amide bonds. The molecule has 0 heterocycles. The number of hydrogen-bond acceptors (Lipinski definition) is 6. The predicted octanol–water partition coefficient (Wildman–Crippen LogP) is 17.5. The van der Waals surface area contributed by atoms with Crippen LogP contribution in [0.1, 0.15) is 290 Å². The van der Waals surface area contributed by atoms with Gasteiger partial charge >= 0.3 is 17.9 Å². The van der Waals surface area contributed by atoms with Crippen molar-refractivity contribution in [2.24, 2.45) is 0 Å². The number of unbranched alkanes of at least 4 members (excludes halogenated alkanes) is 34. The minimum Gasteiger partial charge on any atom is -0.462 e. The molecule has 6 nitrogen and oxygen atoms in total. The molecule has 0 aliphatic rings. The van der Waals surface area contributed by atoms with Crippen LogP contribution in [0, 0.1) is 0 Å². The smallest absolute Gasteiger partial charge is 0.306 e. The molecule has 0 aliphatic heterocycles. The van der Waals surface area contributed by atoms with E-state index in [1.807, 2.05) is 0 Å². The number of esters is 3. The third kappa shape index (κ3) is 48.8. The molecular weight excluding hydrogens is 757 g/mol. The zero-order valence-electron chi connectivity index (χ0n) is 40.9. The van der Waals surface area contributed by atoms with E-state index in [0.29, 0.717) is 19.3 Å². The van der Waals surface area contributed by atoms with Crippen LogP contribution in [0.2, 0.25) is 0 Å². The third-order valence-corrected chi connectivity index (χ3v) is 11.9. The maximum Gasteiger partial charge on any atom is 0.306 e. The summed E-state index contributed by atoms with van der Waals surface area (Å²) in [5.74, 6) is -0.865. The number of carbonyl (C=O) groups is 3. The van der Waals surface area contributed by atoms with Gasteiger partial charge in [0.15, 0.2) is 6.10 Å². The molecule has 0 aromatic rings. The summed E-state index contributed by atoms with van der Waals surface area (Å²) in [6.45, 7) is 6.64. The second-order valence-corrected chi connectivity index (χ2v) is 18.1. The topological polar surface area (TPSA) is 78.9 Å². The van der Waals surface area contributed by atoms with Crippen LogP contribution in [-0.2, 0) is 28.6 Å². The quantitative estimate of drug-likeness (QED) is 0.0262. The highest BCUT2D eigenvalue weighted by molar-refractivity contribution is 5.71. The number of ether oxygens (including phenoxy) is 3. The average Bonchev–Trinajstić information content (AvgIpc) is 3.26. The molecule has 0 fully saturated rings. The van der Waals surface area contributed by atoms with Gasteiger partial charge in [0.05, 0.1) is 0 Å². The van der Waals surface area contributed by atoms with Crippen molar-refractivity contribution in [3.05, 3.63) is 24.3 Å². The van der Waals surface area contributed by atoms with Crippen LogP contribution in [-0.4, -0.2) is 37.2 Å². The Morgan fingerprint density at radius 1 is 0.311 bits per heavy atom. The van der Waals surface area contributed by atoms with Crippen LogP contribution in [0.3, 0.4) is 0 Å². The summed E-state index contributed by atoms with van der Waals surface area (Å²) in [4.78, 5) is 38.0. The Kier molecular flexibility index (Phi) is 48.8. The summed E-state index contributed by atoms with van der Waals surface area (Å²) < 4.78 is 16.8. The highest BCUT2D eigenvalue weighted by Gasteiger charge is 2.19. The van der Waals surface area contributed by atoms with Gasteiger partial charge in [-0.1, -0.05) is 225 Å².